The summed E-state index contributed by atoms with van der Waals surface area (Å²) in [5.74, 6) is -2.53. The van der Waals surface area contributed by atoms with Crippen molar-refractivity contribution in [2.45, 2.75) is 19.0 Å². The van der Waals surface area contributed by atoms with Gasteiger partial charge >= 0.3 is 5.97 Å². The molecular weight excluding hydrogens is 464 g/mol. The molecule has 0 radical (unpaired) electrons. The highest BCUT2D eigenvalue weighted by Gasteiger charge is 2.64. The number of rotatable bonds is 4. The lowest BCUT2D eigenvalue weighted by molar-refractivity contribution is -0.132. The fraction of sp³-hybridized carbons (Fsp3) is 0.185. The fourth-order valence-corrected chi connectivity index (χ4v) is 6.20. The van der Waals surface area contributed by atoms with Crippen LogP contribution in [0.1, 0.15) is 33.8 Å². The van der Waals surface area contributed by atoms with E-state index >= 15 is 0 Å². The number of Topliss-reactive ketones (excluding diaryl/α,β-unsaturated/α-hetero) is 1. The Morgan fingerprint density at radius 1 is 0.914 bits per heavy atom. The predicted molar refractivity (Wildman–Crippen MR) is 130 cm³/mol. The summed E-state index contributed by atoms with van der Waals surface area (Å²) in [5.41, 5.74) is 2.29. The van der Waals surface area contributed by atoms with E-state index in [0.717, 1.165) is 11.1 Å². The average Bonchev–Trinajstić information content (AvgIpc) is 3.56. The van der Waals surface area contributed by atoms with E-state index in [-0.39, 0.29) is 11.7 Å². The lowest BCUT2D eigenvalue weighted by Gasteiger charge is -2.35. The Hall–Kier alpha value is -4.04. The van der Waals surface area contributed by atoms with E-state index in [9.17, 15) is 19.2 Å². The number of hydrogen-bond acceptors (Lipinski definition) is 7. The molecule has 0 unspecified atom stereocenters. The zero-order chi connectivity index (χ0) is 24.3. The van der Waals surface area contributed by atoms with Gasteiger partial charge < -0.3 is 9.64 Å². The van der Waals surface area contributed by atoms with Crippen LogP contribution in [-0.2, 0) is 14.4 Å². The molecule has 3 aromatic rings. The number of hydrogen-bond donors (Lipinski definition) is 0. The number of imide groups is 1. The fourth-order valence-electron chi connectivity index (χ4n) is 5.51. The van der Waals surface area contributed by atoms with Crippen molar-refractivity contribution in [2.24, 2.45) is 11.8 Å². The van der Waals surface area contributed by atoms with Crippen LogP contribution in [0.25, 0.3) is 6.08 Å². The van der Waals surface area contributed by atoms with Gasteiger partial charge in [-0.25, -0.2) is 4.90 Å². The summed E-state index contributed by atoms with van der Waals surface area (Å²) in [7, 11) is 0. The molecular formula is C27H20N2O5S. The third kappa shape index (κ3) is 3.24. The summed E-state index contributed by atoms with van der Waals surface area (Å²) in [4.78, 5) is 56.2. The SMILES string of the molecule is CC(=O)Oc1ccc(N2C(=O)[C@@H]3[C@@H](C2=O)[C@@H]2c4ccccc4C=CN2[C@@H]3C(=O)c2cccs2)cc1. The molecule has 0 spiro atoms. The van der Waals surface area contributed by atoms with Gasteiger partial charge in [0.2, 0.25) is 11.8 Å². The quantitative estimate of drug-likeness (QED) is 0.240. The lowest BCUT2D eigenvalue weighted by Crippen LogP contribution is -2.44. The van der Waals surface area contributed by atoms with Gasteiger partial charge in [-0.1, -0.05) is 30.3 Å². The largest absolute Gasteiger partial charge is 0.427 e. The molecule has 35 heavy (non-hydrogen) atoms. The van der Waals surface area contributed by atoms with Gasteiger partial charge in [-0.3, -0.25) is 19.2 Å². The maximum atomic E-state index is 13.8. The van der Waals surface area contributed by atoms with Crippen molar-refractivity contribution in [3.8, 4) is 5.75 Å². The minimum absolute atomic E-state index is 0.158. The molecule has 8 heteroatoms. The summed E-state index contributed by atoms with van der Waals surface area (Å²) >= 11 is 1.33. The number of benzene rings is 2. The van der Waals surface area contributed by atoms with Crippen molar-refractivity contribution < 1.29 is 23.9 Å². The molecule has 1 aromatic heterocycles. The first kappa shape index (κ1) is 21.5. The molecule has 4 heterocycles. The zero-order valence-corrected chi connectivity index (χ0v) is 19.5. The Kier molecular flexibility index (Phi) is 4.93. The molecule has 2 amide bonds. The molecule has 6 rings (SSSR count). The number of fused-ring (bicyclic) bond motifs is 5. The van der Waals surface area contributed by atoms with Gasteiger partial charge in [-0.05, 0) is 52.9 Å². The van der Waals surface area contributed by atoms with Crippen LogP contribution in [0.3, 0.4) is 0 Å². The molecule has 174 valence electrons. The molecule has 0 saturated carbocycles. The van der Waals surface area contributed by atoms with E-state index in [0.29, 0.717) is 16.3 Å². The molecule has 0 N–H and O–H groups in total. The summed E-state index contributed by atoms with van der Waals surface area (Å²) < 4.78 is 5.07. The first-order valence-electron chi connectivity index (χ1n) is 11.2. The normalized spacial score (nSPS) is 24.3. The van der Waals surface area contributed by atoms with Gasteiger partial charge in [0.25, 0.3) is 0 Å². The van der Waals surface area contributed by atoms with Crippen LogP contribution in [0.15, 0.2) is 72.2 Å². The second-order valence-electron chi connectivity index (χ2n) is 8.77. The number of nitrogens with zero attached hydrogens (tertiary/aromatic N) is 2. The summed E-state index contributed by atoms with van der Waals surface area (Å²) in [6, 6.07) is 16.4. The minimum Gasteiger partial charge on any atom is -0.427 e. The number of thiophene rings is 1. The van der Waals surface area contributed by atoms with Gasteiger partial charge in [0.1, 0.15) is 11.8 Å². The maximum Gasteiger partial charge on any atom is 0.308 e. The van der Waals surface area contributed by atoms with Crippen LogP contribution in [0.5, 0.6) is 5.75 Å². The van der Waals surface area contributed by atoms with E-state index in [4.69, 9.17) is 4.74 Å². The summed E-state index contributed by atoms with van der Waals surface area (Å²) in [6.07, 6.45) is 3.78. The number of anilines is 1. The smallest absolute Gasteiger partial charge is 0.308 e. The molecule has 7 nitrogen and oxygen atoms in total. The van der Waals surface area contributed by atoms with Crippen molar-refractivity contribution in [1.82, 2.24) is 4.90 Å². The van der Waals surface area contributed by atoms with E-state index in [1.54, 1.807) is 30.3 Å². The minimum atomic E-state index is -0.814. The number of carbonyl (C=O) groups excluding carboxylic acids is 4. The molecule has 3 aliphatic heterocycles. The van der Waals surface area contributed by atoms with Crippen LogP contribution >= 0.6 is 11.3 Å². The van der Waals surface area contributed by atoms with Crippen LogP contribution in [-0.4, -0.2) is 34.5 Å². The average molecular weight is 485 g/mol. The molecule has 4 atom stereocenters. The van der Waals surface area contributed by atoms with Crippen molar-refractivity contribution in [3.05, 3.63) is 88.2 Å². The number of esters is 1. The predicted octanol–water partition coefficient (Wildman–Crippen LogP) is 4.07. The third-order valence-corrected chi connectivity index (χ3v) is 7.74. The Morgan fingerprint density at radius 3 is 2.37 bits per heavy atom. The van der Waals surface area contributed by atoms with Gasteiger partial charge in [0, 0.05) is 13.1 Å². The monoisotopic (exact) mass is 484 g/mol. The van der Waals surface area contributed by atoms with Gasteiger partial charge in [-0.2, -0.15) is 0 Å². The highest BCUT2D eigenvalue weighted by molar-refractivity contribution is 7.12. The molecule has 3 aliphatic rings. The topological polar surface area (TPSA) is 84.0 Å². The standard InChI is InChI=1S/C27H20N2O5S/c1-15(30)34-18-10-8-17(9-11-18)29-26(32)21-22(27(29)33)24(25(31)20-7-4-14-35-20)28-13-12-16-5-2-3-6-19(16)23(21)28/h2-14,21-24H,1H3/t21-,22-,23+,24+/m1/s1. The Bertz CT molecular complexity index is 1400. The van der Waals surface area contributed by atoms with Crippen molar-refractivity contribution in [1.29, 1.82) is 0 Å². The van der Waals surface area contributed by atoms with Crippen LogP contribution in [0.2, 0.25) is 0 Å². The summed E-state index contributed by atoms with van der Waals surface area (Å²) in [6.45, 7) is 1.30. The number of ether oxygens (including phenoxy) is 1. The second kappa shape index (κ2) is 8.02. The van der Waals surface area contributed by atoms with Crippen LogP contribution in [0.4, 0.5) is 5.69 Å². The van der Waals surface area contributed by atoms with Gasteiger partial charge in [0.05, 0.1) is 28.4 Å². The van der Waals surface area contributed by atoms with E-state index in [1.165, 1.54) is 23.2 Å². The van der Waals surface area contributed by atoms with Crippen molar-refractivity contribution in [3.63, 3.8) is 0 Å². The van der Waals surface area contributed by atoms with Crippen LogP contribution in [0, 0.1) is 11.8 Å². The molecule has 2 saturated heterocycles. The number of amides is 2. The van der Waals surface area contributed by atoms with Gasteiger partial charge in [-0.15, -0.1) is 11.3 Å². The van der Waals surface area contributed by atoms with E-state index in [2.05, 4.69) is 0 Å². The van der Waals surface area contributed by atoms with Gasteiger partial charge in [0.15, 0.2) is 5.78 Å². The highest BCUT2D eigenvalue weighted by Crippen LogP contribution is 2.53. The van der Waals surface area contributed by atoms with Crippen molar-refractivity contribution >= 4 is 46.7 Å². The first-order valence-corrected chi connectivity index (χ1v) is 12.1. The highest BCUT2D eigenvalue weighted by atomic mass is 32.1. The number of ketones is 1. The van der Waals surface area contributed by atoms with Crippen LogP contribution < -0.4 is 9.64 Å². The lowest BCUT2D eigenvalue weighted by atomic mass is 9.84. The molecule has 0 aliphatic carbocycles. The molecule has 0 bridgehead atoms. The van der Waals surface area contributed by atoms with E-state index < -0.39 is 35.8 Å². The Balaban J connectivity index is 1.44. The zero-order valence-electron chi connectivity index (χ0n) is 18.7. The van der Waals surface area contributed by atoms with Crippen molar-refractivity contribution in [2.75, 3.05) is 4.90 Å². The Labute approximate surface area is 205 Å². The maximum absolute atomic E-state index is 13.8. The first-order chi connectivity index (χ1) is 17.0. The van der Waals surface area contributed by atoms with E-state index in [1.807, 2.05) is 52.9 Å². The molecule has 2 aromatic carbocycles. The second-order valence-corrected chi connectivity index (χ2v) is 9.72. The number of carbonyl (C=O) groups is 4. The third-order valence-electron chi connectivity index (χ3n) is 6.85. The summed E-state index contributed by atoms with van der Waals surface area (Å²) in [5, 5.41) is 1.83. The molecule has 2 fully saturated rings. The Morgan fingerprint density at radius 2 is 1.66 bits per heavy atom.